The fourth-order valence-corrected chi connectivity index (χ4v) is 3.26. The van der Waals surface area contributed by atoms with E-state index in [9.17, 15) is 13.2 Å². The zero-order valence-electron chi connectivity index (χ0n) is 16.1. The second-order valence-electron chi connectivity index (χ2n) is 6.75. The van der Waals surface area contributed by atoms with Crippen LogP contribution in [0.1, 0.15) is 35.8 Å². The van der Waals surface area contributed by atoms with Gasteiger partial charge in [-0.15, -0.1) is 5.10 Å². The number of hydrogen-bond donors (Lipinski definition) is 1. The highest BCUT2D eigenvalue weighted by Crippen LogP contribution is 2.33. The van der Waals surface area contributed by atoms with Gasteiger partial charge in [0.1, 0.15) is 22.9 Å². The van der Waals surface area contributed by atoms with Crippen LogP contribution in [0.2, 0.25) is 0 Å². The predicted molar refractivity (Wildman–Crippen MR) is 100 cm³/mol. The summed E-state index contributed by atoms with van der Waals surface area (Å²) in [5.41, 5.74) is 2.12. The molecule has 7 nitrogen and oxygen atoms in total. The van der Waals surface area contributed by atoms with Crippen molar-refractivity contribution in [2.75, 3.05) is 12.4 Å². The molecule has 29 heavy (non-hydrogen) atoms. The van der Waals surface area contributed by atoms with Crippen molar-refractivity contribution in [1.82, 2.24) is 19.6 Å². The maximum atomic E-state index is 13.0. The van der Waals surface area contributed by atoms with Crippen LogP contribution in [0.25, 0.3) is 16.7 Å². The highest BCUT2D eigenvalue weighted by molar-refractivity contribution is 5.83. The molecule has 1 N–H and O–H groups in total. The molecule has 1 aromatic carbocycles. The number of rotatable bonds is 4. The lowest BCUT2D eigenvalue weighted by atomic mass is 10.1. The van der Waals surface area contributed by atoms with E-state index in [-0.39, 0.29) is 11.8 Å². The number of furan rings is 1. The molecule has 4 aromatic rings. The maximum absolute atomic E-state index is 13.0. The van der Waals surface area contributed by atoms with E-state index >= 15 is 0 Å². The molecular formula is C19H18F3N5O2. The lowest BCUT2D eigenvalue weighted by molar-refractivity contribution is -0.144. The Morgan fingerprint density at radius 2 is 1.93 bits per heavy atom. The van der Waals surface area contributed by atoms with E-state index in [4.69, 9.17) is 9.15 Å². The molecule has 152 valence electrons. The molecule has 0 fully saturated rings. The molecule has 4 rings (SSSR count). The smallest absolute Gasteiger partial charge is 0.453 e. The first-order valence-electron chi connectivity index (χ1n) is 8.82. The van der Waals surface area contributed by atoms with Crippen molar-refractivity contribution in [3.63, 3.8) is 0 Å². The average molecular weight is 405 g/mol. The van der Waals surface area contributed by atoms with E-state index in [0.717, 1.165) is 15.5 Å². The number of nitrogens with one attached hydrogen (secondary N) is 1. The van der Waals surface area contributed by atoms with Crippen molar-refractivity contribution in [2.24, 2.45) is 0 Å². The van der Waals surface area contributed by atoms with E-state index < -0.39 is 12.0 Å². The normalized spacial score (nSPS) is 13.2. The van der Waals surface area contributed by atoms with Gasteiger partial charge >= 0.3 is 6.18 Å². The first-order chi connectivity index (χ1) is 13.7. The molecule has 0 saturated carbocycles. The molecule has 0 amide bonds. The molecule has 0 saturated heterocycles. The predicted octanol–water partition coefficient (Wildman–Crippen LogP) is 4.69. The van der Waals surface area contributed by atoms with Gasteiger partial charge in [-0.1, -0.05) is 0 Å². The monoisotopic (exact) mass is 405 g/mol. The molecule has 0 spiro atoms. The Morgan fingerprint density at radius 1 is 1.17 bits per heavy atom. The fraction of sp³-hybridized carbons (Fsp3) is 0.316. The Hall–Kier alpha value is -3.30. The third-order valence-electron chi connectivity index (χ3n) is 4.63. The second-order valence-corrected chi connectivity index (χ2v) is 6.75. The second kappa shape index (κ2) is 6.64. The van der Waals surface area contributed by atoms with Crippen molar-refractivity contribution in [1.29, 1.82) is 0 Å². The van der Waals surface area contributed by atoms with Crippen molar-refractivity contribution < 1.29 is 22.3 Å². The van der Waals surface area contributed by atoms with Crippen LogP contribution in [0.3, 0.4) is 0 Å². The molecular weight excluding hydrogens is 387 g/mol. The molecule has 0 aliphatic rings. The van der Waals surface area contributed by atoms with Gasteiger partial charge in [0, 0.05) is 22.7 Å². The molecule has 0 bridgehead atoms. The summed E-state index contributed by atoms with van der Waals surface area (Å²) in [5, 5.41) is 7.64. The minimum absolute atomic E-state index is 0.127. The molecule has 0 aliphatic carbocycles. The van der Waals surface area contributed by atoms with Crippen LogP contribution < -0.4 is 10.1 Å². The van der Waals surface area contributed by atoms with Crippen LogP contribution in [-0.4, -0.2) is 26.7 Å². The van der Waals surface area contributed by atoms with Crippen LogP contribution in [-0.2, 0) is 6.18 Å². The van der Waals surface area contributed by atoms with E-state index in [1.165, 1.54) is 0 Å². The Labute approximate surface area is 163 Å². The van der Waals surface area contributed by atoms with Crippen LogP contribution in [0.5, 0.6) is 5.75 Å². The summed E-state index contributed by atoms with van der Waals surface area (Å²) in [5.74, 6) is 0.339. The summed E-state index contributed by atoms with van der Waals surface area (Å²) in [4.78, 5) is 7.53. The summed E-state index contributed by atoms with van der Waals surface area (Å²) >= 11 is 0. The molecule has 0 aliphatic heterocycles. The standard InChI is InChI=1S/C19H18F3N5O2/c1-9-7-15(27-18(23-9)25-17(26-27)19(20,21)22)24-11(3)16-10(2)13-8-12(28-4)5-6-14(13)29-16/h5-8,11,24H,1-4H3. The maximum Gasteiger partial charge on any atom is 0.453 e. The zero-order valence-corrected chi connectivity index (χ0v) is 16.1. The highest BCUT2D eigenvalue weighted by Gasteiger charge is 2.37. The SMILES string of the molecule is COc1ccc2oc(C(C)Nc3cc(C)nc4nc(C(F)(F)F)nn34)c(C)c2c1. The van der Waals surface area contributed by atoms with Gasteiger partial charge < -0.3 is 14.5 Å². The number of ether oxygens (including phenoxy) is 1. The zero-order chi connectivity index (χ0) is 20.9. The molecule has 1 atom stereocenters. The van der Waals surface area contributed by atoms with Gasteiger partial charge in [-0.25, -0.2) is 4.98 Å². The molecule has 10 heteroatoms. The molecule has 0 radical (unpaired) electrons. The minimum Gasteiger partial charge on any atom is -0.497 e. The number of benzene rings is 1. The number of methoxy groups -OCH3 is 1. The summed E-state index contributed by atoms with van der Waals surface area (Å²) < 4.78 is 51.3. The molecule has 1 unspecified atom stereocenters. The number of aromatic nitrogens is 4. The highest BCUT2D eigenvalue weighted by atomic mass is 19.4. The van der Waals surface area contributed by atoms with Gasteiger partial charge in [-0.3, -0.25) is 0 Å². The van der Waals surface area contributed by atoms with Crippen molar-refractivity contribution in [3.8, 4) is 5.75 Å². The van der Waals surface area contributed by atoms with Crippen molar-refractivity contribution in [2.45, 2.75) is 33.0 Å². The van der Waals surface area contributed by atoms with Gasteiger partial charge in [0.15, 0.2) is 0 Å². The average Bonchev–Trinajstić information content (AvgIpc) is 3.23. The number of fused-ring (bicyclic) bond motifs is 2. The quantitative estimate of drug-likeness (QED) is 0.531. The van der Waals surface area contributed by atoms with Gasteiger partial charge in [-0.05, 0) is 39.0 Å². The first-order valence-corrected chi connectivity index (χ1v) is 8.82. The van der Waals surface area contributed by atoms with E-state index in [1.807, 2.05) is 26.0 Å². The lowest BCUT2D eigenvalue weighted by Gasteiger charge is -2.15. The third kappa shape index (κ3) is 3.34. The van der Waals surface area contributed by atoms with Crippen molar-refractivity contribution in [3.05, 3.63) is 47.1 Å². The number of hydrogen-bond acceptors (Lipinski definition) is 6. The first kappa shape index (κ1) is 19.0. The number of alkyl halides is 3. The molecule has 3 aromatic heterocycles. The summed E-state index contributed by atoms with van der Waals surface area (Å²) in [6, 6.07) is 6.76. The van der Waals surface area contributed by atoms with Crippen LogP contribution in [0.4, 0.5) is 19.0 Å². The Kier molecular flexibility index (Phi) is 4.36. The Morgan fingerprint density at radius 3 is 2.62 bits per heavy atom. The van der Waals surface area contributed by atoms with Crippen LogP contribution in [0.15, 0.2) is 28.7 Å². The number of halogens is 3. The van der Waals surface area contributed by atoms with Crippen LogP contribution in [0, 0.1) is 13.8 Å². The summed E-state index contributed by atoms with van der Waals surface area (Å²) in [7, 11) is 1.59. The minimum atomic E-state index is -4.65. The summed E-state index contributed by atoms with van der Waals surface area (Å²) in [6.45, 7) is 5.45. The fourth-order valence-electron chi connectivity index (χ4n) is 3.26. The number of aryl methyl sites for hydroxylation is 2. The topological polar surface area (TPSA) is 77.5 Å². The van der Waals surface area contributed by atoms with Gasteiger partial charge in [0.05, 0.1) is 13.2 Å². The van der Waals surface area contributed by atoms with Crippen molar-refractivity contribution >= 4 is 22.6 Å². The molecule has 3 heterocycles. The Balaban J connectivity index is 1.74. The van der Waals surface area contributed by atoms with E-state index in [1.54, 1.807) is 26.2 Å². The number of nitrogens with zero attached hydrogens (tertiary/aromatic N) is 4. The largest absolute Gasteiger partial charge is 0.497 e. The third-order valence-corrected chi connectivity index (χ3v) is 4.63. The lowest BCUT2D eigenvalue weighted by Crippen LogP contribution is -2.12. The summed E-state index contributed by atoms with van der Waals surface area (Å²) in [6.07, 6.45) is -4.65. The van der Waals surface area contributed by atoms with Gasteiger partial charge in [-0.2, -0.15) is 22.7 Å². The van der Waals surface area contributed by atoms with E-state index in [2.05, 4.69) is 20.4 Å². The van der Waals surface area contributed by atoms with E-state index in [0.29, 0.717) is 28.6 Å². The number of anilines is 1. The van der Waals surface area contributed by atoms with Crippen LogP contribution >= 0.6 is 0 Å². The Bertz CT molecular complexity index is 1210. The van der Waals surface area contributed by atoms with Gasteiger partial charge in [0.2, 0.25) is 0 Å². The van der Waals surface area contributed by atoms with Gasteiger partial charge in [0.25, 0.3) is 11.6 Å².